The van der Waals surface area contributed by atoms with E-state index in [4.69, 9.17) is 9.15 Å². The number of hydrogen-bond donors (Lipinski definition) is 2. The summed E-state index contributed by atoms with van der Waals surface area (Å²) in [7, 11) is 1.90. The molecule has 3 aromatic rings. The minimum Gasteiger partial charge on any atom is -0.492 e. The summed E-state index contributed by atoms with van der Waals surface area (Å²) < 4.78 is 11.6. The molecule has 198 valence electrons. The molecule has 8 nitrogen and oxygen atoms in total. The van der Waals surface area contributed by atoms with Crippen LogP contribution in [-0.4, -0.2) is 48.2 Å². The summed E-state index contributed by atoms with van der Waals surface area (Å²) in [6.07, 6.45) is 3.94. The number of carbonyl (C=O) groups excluding carboxylic acids is 1. The number of nitrogens with one attached hydrogen (secondary N) is 1. The molecule has 1 aliphatic carbocycles. The zero-order valence-electron chi connectivity index (χ0n) is 21.9. The Balaban J connectivity index is 1.24. The van der Waals surface area contributed by atoms with Crippen LogP contribution in [0, 0.1) is 17.8 Å². The fraction of sp³-hybridized carbons (Fsp3) is 0.483. The second kappa shape index (κ2) is 12.1. The smallest absolute Gasteiger partial charge is 0.326 e. The Kier molecular flexibility index (Phi) is 8.69. The van der Waals surface area contributed by atoms with E-state index >= 15 is 0 Å². The zero-order chi connectivity index (χ0) is 26.4. The average molecular weight is 508 g/mol. The molecule has 0 saturated heterocycles. The van der Waals surface area contributed by atoms with Crippen LogP contribution in [0.2, 0.25) is 0 Å². The molecular weight excluding hydrogens is 470 g/mol. The van der Waals surface area contributed by atoms with Gasteiger partial charge in [0.1, 0.15) is 23.9 Å². The third kappa shape index (κ3) is 7.02. The number of para-hydroxylation sites is 2. The van der Waals surface area contributed by atoms with Crippen molar-refractivity contribution in [2.24, 2.45) is 17.8 Å². The molecule has 37 heavy (non-hydrogen) atoms. The van der Waals surface area contributed by atoms with Crippen molar-refractivity contribution >= 4 is 29.0 Å². The Bertz CT molecular complexity index is 1150. The van der Waals surface area contributed by atoms with Crippen LogP contribution in [0.15, 0.2) is 52.9 Å². The molecular formula is C29H37N3O5. The topological polar surface area (TPSA) is 105 Å². The normalized spacial score (nSPS) is 18.5. The first-order chi connectivity index (χ1) is 17.8. The monoisotopic (exact) mass is 507 g/mol. The van der Waals surface area contributed by atoms with Gasteiger partial charge in [0.05, 0.1) is 6.54 Å². The third-order valence-corrected chi connectivity index (χ3v) is 7.37. The summed E-state index contributed by atoms with van der Waals surface area (Å²) in [5.41, 5.74) is 2.39. The van der Waals surface area contributed by atoms with Crippen LogP contribution < -0.4 is 15.0 Å². The third-order valence-electron chi connectivity index (χ3n) is 7.37. The minimum atomic E-state index is -1.02. The molecule has 1 atom stereocenters. The number of fused-ring (bicyclic) bond motifs is 1. The minimum absolute atomic E-state index is 0.0967. The lowest BCUT2D eigenvalue weighted by Crippen LogP contribution is -2.45. The molecule has 1 heterocycles. The van der Waals surface area contributed by atoms with E-state index in [0.29, 0.717) is 36.8 Å². The number of nitrogens with zero attached hydrogens (tertiary/aromatic N) is 2. The number of aromatic nitrogens is 1. The van der Waals surface area contributed by atoms with Crippen molar-refractivity contribution in [3.8, 4) is 5.75 Å². The number of oxazole rings is 1. The first-order valence-corrected chi connectivity index (χ1v) is 13.1. The highest BCUT2D eigenvalue weighted by Crippen LogP contribution is 2.33. The van der Waals surface area contributed by atoms with E-state index in [1.165, 1.54) is 0 Å². The summed E-state index contributed by atoms with van der Waals surface area (Å²) in [5.74, 6) is 0.706. The van der Waals surface area contributed by atoms with E-state index in [2.05, 4.69) is 24.1 Å². The Labute approximate surface area is 218 Å². The number of hydrogen-bond acceptors (Lipinski definition) is 6. The van der Waals surface area contributed by atoms with Gasteiger partial charge >= 0.3 is 5.97 Å². The number of carboxylic acids is 1. The Morgan fingerprint density at radius 2 is 1.81 bits per heavy atom. The molecule has 1 saturated carbocycles. The molecule has 2 N–H and O–H groups in total. The molecule has 4 rings (SSSR count). The van der Waals surface area contributed by atoms with Crippen LogP contribution >= 0.6 is 0 Å². The van der Waals surface area contributed by atoms with Gasteiger partial charge in [-0.15, -0.1) is 0 Å². The van der Waals surface area contributed by atoms with Crippen LogP contribution in [0.5, 0.6) is 5.75 Å². The summed E-state index contributed by atoms with van der Waals surface area (Å²) in [6, 6.07) is 14.5. The first kappa shape index (κ1) is 26.5. The Morgan fingerprint density at radius 3 is 2.46 bits per heavy atom. The number of carboxylic acid groups (broad SMARTS) is 1. The number of aliphatic carboxylic acids is 1. The molecule has 2 aromatic carbocycles. The number of amides is 1. The van der Waals surface area contributed by atoms with Gasteiger partial charge in [0.25, 0.3) is 6.01 Å². The van der Waals surface area contributed by atoms with E-state index in [-0.39, 0.29) is 18.2 Å². The van der Waals surface area contributed by atoms with Gasteiger partial charge in [0.15, 0.2) is 5.58 Å². The lowest BCUT2D eigenvalue weighted by Gasteiger charge is -2.30. The second-order valence-corrected chi connectivity index (χ2v) is 10.3. The van der Waals surface area contributed by atoms with Crippen LogP contribution in [-0.2, 0) is 16.0 Å². The number of rotatable bonds is 11. The van der Waals surface area contributed by atoms with E-state index in [9.17, 15) is 14.7 Å². The standard InChI is InChI=1S/C29H37N3O5/c1-19(2)21-10-12-22(13-11-21)27(33)30-25(28(34)35)18-20-8-14-23(15-9-20)36-17-16-32(3)29-31-24-6-4-5-7-26(24)37-29/h4-9,14-15,19,21-22,25H,10-13,16-18H2,1-3H3,(H,30,33)(H,34,35)/t21?,22?,25-/m1/s1. The largest absolute Gasteiger partial charge is 0.492 e. The summed E-state index contributed by atoms with van der Waals surface area (Å²) >= 11 is 0. The molecule has 8 heteroatoms. The molecule has 1 amide bonds. The highest BCUT2D eigenvalue weighted by molar-refractivity contribution is 5.85. The average Bonchev–Trinajstić information content (AvgIpc) is 3.34. The molecule has 1 aromatic heterocycles. The quantitative estimate of drug-likeness (QED) is 0.380. The van der Waals surface area contributed by atoms with Crippen LogP contribution in [0.4, 0.5) is 6.01 Å². The van der Waals surface area contributed by atoms with Crippen molar-refractivity contribution in [1.82, 2.24) is 10.3 Å². The van der Waals surface area contributed by atoms with Crippen LogP contribution in [0.25, 0.3) is 11.1 Å². The van der Waals surface area contributed by atoms with Gasteiger partial charge < -0.3 is 24.5 Å². The van der Waals surface area contributed by atoms with Crippen molar-refractivity contribution < 1.29 is 23.8 Å². The van der Waals surface area contributed by atoms with Gasteiger partial charge in [-0.25, -0.2) is 4.79 Å². The Hall–Kier alpha value is -3.55. The summed E-state index contributed by atoms with van der Waals surface area (Å²) in [6.45, 7) is 5.46. The lowest BCUT2D eigenvalue weighted by molar-refractivity contribution is -0.142. The van der Waals surface area contributed by atoms with Crippen LogP contribution in [0.3, 0.4) is 0 Å². The van der Waals surface area contributed by atoms with E-state index in [1.807, 2.05) is 60.5 Å². The fourth-order valence-corrected chi connectivity index (χ4v) is 4.91. The molecule has 0 bridgehead atoms. The molecule has 1 fully saturated rings. The number of benzene rings is 2. The maximum Gasteiger partial charge on any atom is 0.326 e. The number of likely N-dealkylation sites (N-methyl/N-ethyl adjacent to an activating group) is 1. The SMILES string of the molecule is CC(C)C1CCC(C(=O)N[C@H](Cc2ccc(OCCN(C)c3nc4ccccc4o3)cc2)C(=O)O)CC1. The summed E-state index contributed by atoms with van der Waals surface area (Å²) in [5, 5.41) is 12.5. The summed E-state index contributed by atoms with van der Waals surface area (Å²) in [4.78, 5) is 31.0. The van der Waals surface area contributed by atoms with Crippen molar-refractivity contribution in [2.45, 2.75) is 52.0 Å². The number of carbonyl (C=O) groups is 2. The van der Waals surface area contributed by atoms with E-state index in [0.717, 1.165) is 42.3 Å². The maximum atomic E-state index is 12.8. The predicted octanol–water partition coefficient (Wildman–Crippen LogP) is 4.92. The van der Waals surface area contributed by atoms with Gasteiger partial charge in [-0.05, 0) is 67.3 Å². The second-order valence-electron chi connectivity index (χ2n) is 10.3. The number of ether oxygens (including phenoxy) is 1. The van der Waals surface area contributed by atoms with Crippen molar-refractivity contribution in [2.75, 3.05) is 25.1 Å². The zero-order valence-corrected chi connectivity index (χ0v) is 21.9. The Morgan fingerprint density at radius 1 is 1.11 bits per heavy atom. The van der Waals surface area contributed by atoms with Gasteiger partial charge in [0.2, 0.25) is 5.91 Å². The fourth-order valence-electron chi connectivity index (χ4n) is 4.91. The molecule has 0 radical (unpaired) electrons. The van der Waals surface area contributed by atoms with Crippen molar-refractivity contribution in [3.05, 3.63) is 54.1 Å². The predicted molar refractivity (Wildman–Crippen MR) is 143 cm³/mol. The van der Waals surface area contributed by atoms with Gasteiger partial charge in [0, 0.05) is 19.4 Å². The number of anilines is 1. The molecule has 0 aliphatic heterocycles. The van der Waals surface area contributed by atoms with Crippen molar-refractivity contribution in [3.63, 3.8) is 0 Å². The maximum absolute atomic E-state index is 12.8. The van der Waals surface area contributed by atoms with Crippen LogP contribution in [0.1, 0.15) is 45.1 Å². The lowest BCUT2D eigenvalue weighted by atomic mass is 9.76. The van der Waals surface area contributed by atoms with Gasteiger partial charge in [-0.3, -0.25) is 4.79 Å². The van der Waals surface area contributed by atoms with Gasteiger partial charge in [-0.2, -0.15) is 4.98 Å². The first-order valence-electron chi connectivity index (χ1n) is 13.1. The molecule has 0 spiro atoms. The highest BCUT2D eigenvalue weighted by Gasteiger charge is 2.30. The molecule has 1 aliphatic rings. The van der Waals surface area contributed by atoms with E-state index in [1.54, 1.807) is 0 Å². The van der Waals surface area contributed by atoms with Crippen molar-refractivity contribution in [1.29, 1.82) is 0 Å². The van der Waals surface area contributed by atoms with E-state index < -0.39 is 12.0 Å². The van der Waals surface area contributed by atoms with Gasteiger partial charge in [-0.1, -0.05) is 38.1 Å². The molecule has 0 unspecified atom stereocenters. The highest BCUT2D eigenvalue weighted by atomic mass is 16.5.